The molecule has 1 aromatic heterocycles. The zero-order valence-corrected chi connectivity index (χ0v) is 6.73. The van der Waals surface area contributed by atoms with Crippen molar-refractivity contribution < 1.29 is 9.53 Å². The SMILES string of the molecule is CCCOC(=O)Nn1ccnn1. The smallest absolute Gasteiger partial charge is 0.427 e. The van der Waals surface area contributed by atoms with Gasteiger partial charge >= 0.3 is 6.09 Å². The third-order valence-electron chi connectivity index (χ3n) is 1.07. The largest absolute Gasteiger partial charge is 0.448 e. The normalized spacial score (nSPS) is 9.42. The quantitative estimate of drug-likeness (QED) is 0.711. The number of amides is 1. The first-order valence-electron chi connectivity index (χ1n) is 3.63. The average molecular weight is 170 g/mol. The Morgan fingerprint density at radius 3 is 3.17 bits per heavy atom. The third kappa shape index (κ3) is 2.57. The fourth-order valence-electron chi connectivity index (χ4n) is 0.588. The number of hydrogen-bond donors (Lipinski definition) is 1. The fourth-order valence-corrected chi connectivity index (χ4v) is 0.588. The van der Waals surface area contributed by atoms with Gasteiger partial charge in [-0.15, -0.1) is 5.10 Å². The first-order chi connectivity index (χ1) is 5.83. The summed E-state index contributed by atoms with van der Waals surface area (Å²) in [5.74, 6) is 0. The molecule has 12 heavy (non-hydrogen) atoms. The molecule has 1 N–H and O–H groups in total. The number of rotatable bonds is 3. The molecule has 0 aliphatic carbocycles. The molecule has 6 heteroatoms. The van der Waals surface area contributed by atoms with Gasteiger partial charge in [-0.25, -0.2) is 10.2 Å². The van der Waals surface area contributed by atoms with E-state index in [1.54, 1.807) is 0 Å². The van der Waals surface area contributed by atoms with Gasteiger partial charge in [-0.1, -0.05) is 6.92 Å². The maximum absolute atomic E-state index is 10.8. The van der Waals surface area contributed by atoms with Gasteiger partial charge in [0.25, 0.3) is 0 Å². The summed E-state index contributed by atoms with van der Waals surface area (Å²) in [4.78, 5) is 12.0. The molecule has 0 radical (unpaired) electrons. The number of hydrogen-bond acceptors (Lipinski definition) is 4. The molecule has 1 rings (SSSR count). The molecule has 0 aliphatic heterocycles. The second-order valence-electron chi connectivity index (χ2n) is 2.10. The van der Waals surface area contributed by atoms with Crippen molar-refractivity contribution in [3.8, 4) is 0 Å². The van der Waals surface area contributed by atoms with E-state index in [0.29, 0.717) is 6.61 Å². The highest BCUT2D eigenvalue weighted by atomic mass is 16.6. The summed E-state index contributed by atoms with van der Waals surface area (Å²) in [7, 11) is 0. The second kappa shape index (κ2) is 4.32. The molecule has 0 spiro atoms. The molecular weight excluding hydrogens is 160 g/mol. The fraction of sp³-hybridized carbons (Fsp3) is 0.500. The van der Waals surface area contributed by atoms with Crippen molar-refractivity contribution in [2.24, 2.45) is 0 Å². The Morgan fingerprint density at radius 2 is 2.58 bits per heavy atom. The lowest BCUT2D eigenvalue weighted by molar-refractivity contribution is 0.157. The van der Waals surface area contributed by atoms with E-state index in [-0.39, 0.29) is 0 Å². The summed E-state index contributed by atoms with van der Waals surface area (Å²) < 4.78 is 4.73. The van der Waals surface area contributed by atoms with Crippen molar-refractivity contribution in [3.63, 3.8) is 0 Å². The minimum absolute atomic E-state index is 0.403. The summed E-state index contributed by atoms with van der Waals surface area (Å²) in [6.45, 7) is 2.32. The van der Waals surface area contributed by atoms with E-state index in [0.717, 1.165) is 6.42 Å². The van der Waals surface area contributed by atoms with Crippen molar-refractivity contribution in [2.45, 2.75) is 13.3 Å². The lowest BCUT2D eigenvalue weighted by atomic mass is 10.5. The molecular formula is C6H10N4O2. The Kier molecular flexibility index (Phi) is 3.06. The maximum Gasteiger partial charge on any atom is 0.427 e. The highest BCUT2D eigenvalue weighted by molar-refractivity contribution is 5.75. The standard InChI is InChI=1S/C6H10N4O2/c1-2-5-12-6(11)8-10-4-3-7-9-10/h3-4H,2,5H2,1H3,(H,8,11). The maximum atomic E-state index is 10.8. The highest BCUT2D eigenvalue weighted by Gasteiger charge is 2.00. The lowest BCUT2D eigenvalue weighted by Crippen LogP contribution is -2.24. The Balaban J connectivity index is 2.27. The van der Waals surface area contributed by atoms with Crippen LogP contribution in [-0.4, -0.2) is 27.8 Å². The van der Waals surface area contributed by atoms with Crippen molar-refractivity contribution in [1.82, 2.24) is 15.1 Å². The molecule has 0 bridgehead atoms. The van der Waals surface area contributed by atoms with Gasteiger partial charge in [0.2, 0.25) is 0 Å². The van der Waals surface area contributed by atoms with Gasteiger partial charge in [0.1, 0.15) is 0 Å². The molecule has 1 heterocycles. The Morgan fingerprint density at radius 1 is 1.75 bits per heavy atom. The summed E-state index contributed by atoms with van der Waals surface area (Å²) >= 11 is 0. The van der Waals surface area contributed by atoms with Gasteiger partial charge in [-0.3, -0.25) is 0 Å². The predicted octanol–water partition coefficient (Wildman–Crippen LogP) is 0.368. The molecule has 0 fully saturated rings. The van der Waals surface area contributed by atoms with Crippen molar-refractivity contribution in [2.75, 3.05) is 12.0 Å². The monoisotopic (exact) mass is 170 g/mol. The number of aromatic nitrogens is 3. The van der Waals surface area contributed by atoms with Crippen LogP contribution in [0.1, 0.15) is 13.3 Å². The topological polar surface area (TPSA) is 69.0 Å². The van der Waals surface area contributed by atoms with Gasteiger partial charge in [0.15, 0.2) is 0 Å². The van der Waals surface area contributed by atoms with Crippen molar-refractivity contribution >= 4 is 6.09 Å². The minimum atomic E-state index is -0.526. The van der Waals surface area contributed by atoms with Crippen LogP contribution >= 0.6 is 0 Å². The molecule has 1 amide bonds. The zero-order chi connectivity index (χ0) is 8.81. The number of carbonyl (C=O) groups excluding carboxylic acids is 1. The number of carbonyl (C=O) groups is 1. The van der Waals surface area contributed by atoms with E-state index in [4.69, 9.17) is 4.74 Å². The van der Waals surface area contributed by atoms with E-state index in [1.807, 2.05) is 6.92 Å². The molecule has 0 saturated heterocycles. The molecule has 0 unspecified atom stereocenters. The van der Waals surface area contributed by atoms with E-state index in [1.165, 1.54) is 17.2 Å². The third-order valence-corrected chi connectivity index (χ3v) is 1.07. The molecule has 0 saturated carbocycles. The van der Waals surface area contributed by atoms with Gasteiger partial charge in [-0.05, 0) is 11.6 Å². The van der Waals surface area contributed by atoms with Gasteiger partial charge in [0.05, 0.1) is 19.0 Å². The van der Waals surface area contributed by atoms with Crippen LogP contribution in [0.5, 0.6) is 0 Å². The van der Waals surface area contributed by atoms with Crippen LogP contribution in [0.2, 0.25) is 0 Å². The Bertz CT molecular complexity index is 234. The highest BCUT2D eigenvalue weighted by Crippen LogP contribution is 1.83. The molecule has 0 aliphatic rings. The number of ether oxygens (including phenoxy) is 1. The summed E-state index contributed by atoms with van der Waals surface area (Å²) in [6, 6.07) is 0. The number of nitrogens with zero attached hydrogens (tertiary/aromatic N) is 3. The lowest BCUT2D eigenvalue weighted by Gasteiger charge is -2.03. The van der Waals surface area contributed by atoms with Crippen LogP contribution < -0.4 is 5.43 Å². The minimum Gasteiger partial charge on any atom is -0.448 e. The Hall–Kier alpha value is -1.59. The number of nitrogens with one attached hydrogen (secondary N) is 1. The van der Waals surface area contributed by atoms with E-state index in [2.05, 4.69) is 15.7 Å². The molecule has 6 nitrogen and oxygen atoms in total. The first-order valence-corrected chi connectivity index (χ1v) is 3.63. The first kappa shape index (κ1) is 8.51. The molecule has 1 aromatic rings. The second-order valence-corrected chi connectivity index (χ2v) is 2.10. The zero-order valence-electron chi connectivity index (χ0n) is 6.73. The molecule has 0 aromatic carbocycles. The van der Waals surface area contributed by atoms with E-state index in [9.17, 15) is 4.79 Å². The van der Waals surface area contributed by atoms with E-state index < -0.39 is 6.09 Å². The summed E-state index contributed by atoms with van der Waals surface area (Å²) in [5, 5.41) is 7.02. The van der Waals surface area contributed by atoms with Crippen LogP contribution in [0.25, 0.3) is 0 Å². The van der Waals surface area contributed by atoms with Crippen LogP contribution in [0.4, 0.5) is 4.79 Å². The van der Waals surface area contributed by atoms with Gasteiger partial charge in [-0.2, -0.15) is 4.79 Å². The van der Waals surface area contributed by atoms with Crippen molar-refractivity contribution in [1.29, 1.82) is 0 Å². The van der Waals surface area contributed by atoms with Crippen LogP contribution in [-0.2, 0) is 4.74 Å². The van der Waals surface area contributed by atoms with Crippen LogP contribution in [0.15, 0.2) is 12.4 Å². The predicted molar refractivity (Wildman–Crippen MR) is 41.0 cm³/mol. The molecule has 66 valence electrons. The Labute approximate surface area is 69.5 Å². The van der Waals surface area contributed by atoms with Crippen LogP contribution in [0.3, 0.4) is 0 Å². The van der Waals surface area contributed by atoms with E-state index >= 15 is 0 Å². The molecule has 0 atom stereocenters. The van der Waals surface area contributed by atoms with Crippen molar-refractivity contribution in [3.05, 3.63) is 12.4 Å². The van der Waals surface area contributed by atoms with Crippen LogP contribution in [0, 0.1) is 0 Å². The summed E-state index contributed by atoms with van der Waals surface area (Å²) in [5.41, 5.74) is 2.34. The van der Waals surface area contributed by atoms with Gasteiger partial charge < -0.3 is 4.74 Å². The van der Waals surface area contributed by atoms with Gasteiger partial charge in [0, 0.05) is 0 Å². The summed E-state index contributed by atoms with van der Waals surface area (Å²) in [6.07, 6.45) is 3.24. The average Bonchev–Trinajstić information content (AvgIpc) is 2.53.